The van der Waals surface area contributed by atoms with Crippen molar-refractivity contribution in [1.29, 1.82) is 0 Å². The van der Waals surface area contributed by atoms with Crippen molar-refractivity contribution in [3.8, 4) is 0 Å². The van der Waals surface area contributed by atoms with Gasteiger partial charge < -0.3 is 10.3 Å². The summed E-state index contributed by atoms with van der Waals surface area (Å²) in [5.41, 5.74) is 5.93. The third-order valence-corrected chi connectivity index (χ3v) is 1.46. The summed E-state index contributed by atoms with van der Waals surface area (Å²) in [6.45, 7) is 0.739. The minimum absolute atomic E-state index is 0.232. The smallest absolute Gasteiger partial charge is 0.262 e. The average molecular weight is 175 g/mol. The van der Waals surface area contributed by atoms with E-state index < -0.39 is 5.92 Å². The van der Waals surface area contributed by atoms with Crippen molar-refractivity contribution in [3.63, 3.8) is 0 Å². The van der Waals surface area contributed by atoms with Gasteiger partial charge >= 0.3 is 0 Å². The Labute approximate surface area is 69.2 Å². The van der Waals surface area contributed by atoms with Crippen LogP contribution in [0.4, 0.5) is 8.78 Å². The largest absolute Gasteiger partial charge is 0.327 e. The molecule has 1 aromatic rings. The van der Waals surface area contributed by atoms with Gasteiger partial charge in [-0.2, -0.15) is 0 Å². The van der Waals surface area contributed by atoms with Gasteiger partial charge in [-0.3, -0.25) is 0 Å². The number of alkyl halides is 2. The molecule has 0 bridgehead atoms. The summed E-state index contributed by atoms with van der Waals surface area (Å²) in [5.74, 6) is -2.72. The van der Waals surface area contributed by atoms with E-state index in [1.807, 2.05) is 0 Å². The Bertz CT molecular complexity index is 251. The average Bonchev–Trinajstić information content (AvgIpc) is 2.31. The number of nitrogens with zero attached hydrogens (tertiary/aromatic N) is 2. The molecule has 0 amide bonds. The Morgan fingerprint density at radius 2 is 2.33 bits per heavy atom. The molecule has 5 heteroatoms. The van der Waals surface area contributed by atoms with Gasteiger partial charge in [0, 0.05) is 19.7 Å². The first-order valence-corrected chi connectivity index (χ1v) is 3.60. The van der Waals surface area contributed by atoms with Crippen LogP contribution < -0.4 is 5.73 Å². The van der Waals surface area contributed by atoms with Crippen LogP contribution in [0.3, 0.4) is 0 Å². The summed E-state index contributed by atoms with van der Waals surface area (Å²) in [7, 11) is 0. The predicted molar refractivity (Wildman–Crippen MR) is 40.7 cm³/mol. The van der Waals surface area contributed by atoms with Crippen LogP contribution in [-0.4, -0.2) is 15.5 Å². The summed E-state index contributed by atoms with van der Waals surface area (Å²) in [4.78, 5) is 3.73. The number of rotatable bonds is 3. The maximum absolute atomic E-state index is 12.5. The van der Waals surface area contributed by atoms with Crippen molar-refractivity contribution in [1.82, 2.24) is 9.55 Å². The van der Waals surface area contributed by atoms with E-state index in [1.54, 1.807) is 0 Å². The van der Waals surface area contributed by atoms with Gasteiger partial charge in [-0.1, -0.05) is 0 Å². The molecule has 0 saturated heterocycles. The standard InChI is InChI=1S/C7H11F2N3/c1-7(8,9)4-12-5-11-3-6(12)2-10/h3,5H,2,4,10H2,1H3. The van der Waals surface area contributed by atoms with E-state index in [2.05, 4.69) is 4.98 Å². The molecule has 0 aliphatic rings. The van der Waals surface area contributed by atoms with Crippen LogP contribution in [0.15, 0.2) is 12.5 Å². The first-order valence-electron chi connectivity index (χ1n) is 3.60. The predicted octanol–water partition coefficient (Wildman–Crippen LogP) is 0.997. The monoisotopic (exact) mass is 175 g/mol. The van der Waals surface area contributed by atoms with E-state index in [0.29, 0.717) is 5.69 Å². The number of hydrogen-bond donors (Lipinski definition) is 1. The highest BCUT2D eigenvalue weighted by atomic mass is 19.3. The molecule has 1 aromatic heterocycles. The minimum Gasteiger partial charge on any atom is -0.327 e. The van der Waals surface area contributed by atoms with Crippen LogP contribution in [0.25, 0.3) is 0 Å². The van der Waals surface area contributed by atoms with E-state index in [-0.39, 0.29) is 13.1 Å². The van der Waals surface area contributed by atoms with Crippen LogP contribution in [-0.2, 0) is 13.1 Å². The zero-order valence-electron chi connectivity index (χ0n) is 6.80. The number of halogens is 2. The van der Waals surface area contributed by atoms with Crippen LogP contribution >= 0.6 is 0 Å². The highest BCUT2D eigenvalue weighted by Gasteiger charge is 2.22. The Kier molecular flexibility index (Phi) is 2.42. The van der Waals surface area contributed by atoms with Gasteiger partial charge in [0.1, 0.15) is 0 Å². The molecule has 1 heterocycles. The van der Waals surface area contributed by atoms with Gasteiger partial charge in [-0.15, -0.1) is 0 Å². The van der Waals surface area contributed by atoms with Gasteiger partial charge in [0.05, 0.1) is 18.6 Å². The van der Waals surface area contributed by atoms with Crippen LogP contribution in [0, 0.1) is 0 Å². The van der Waals surface area contributed by atoms with Gasteiger partial charge in [0.2, 0.25) is 0 Å². The summed E-state index contributed by atoms with van der Waals surface area (Å²) in [6.07, 6.45) is 2.85. The molecule has 1 rings (SSSR count). The van der Waals surface area contributed by atoms with Crippen molar-refractivity contribution >= 4 is 0 Å². The SMILES string of the molecule is CC(F)(F)Cn1cncc1CN. The molecule has 0 fully saturated rings. The Hall–Kier alpha value is -0.970. The quantitative estimate of drug-likeness (QED) is 0.744. The van der Waals surface area contributed by atoms with Crippen LogP contribution in [0.5, 0.6) is 0 Å². The fourth-order valence-corrected chi connectivity index (χ4v) is 0.960. The lowest BCUT2D eigenvalue weighted by Crippen LogP contribution is -2.21. The zero-order valence-corrected chi connectivity index (χ0v) is 6.80. The molecular formula is C7H11F2N3. The van der Waals surface area contributed by atoms with Crippen molar-refractivity contribution < 1.29 is 8.78 Å². The summed E-state index contributed by atoms with van der Waals surface area (Å²) in [6, 6.07) is 0. The van der Waals surface area contributed by atoms with Crippen molar-refractivity contribution in [2.75, 3.05) is 0 Å². The molecule has 0 aliphatic carbocycles. The molecule has 0 spiro atoms. The molecule has 0 aliphatic heterocycles. The first-order chi connectivity index (χ1) is 5.53. The molecule has 3 nitrogen and oxygen atoms in total. The third kappa shape index (κ3) is 2.27. The number of hydrogen-bond acceptors (Lipinski definition) is 2. The third-order valence-electron chi connectivity index (χ3n) is 1.46. The lowest BCUT2D eigenvalue weighted by atomic mass is 10.3. The van der Waals surface area contributed by atoms with Crippen LogP contribution in [0.1, 0.15) is 12.6 Å². The minimum atomic E-state index is -2.72. The second kappa shape index (κ2) is 3.18. The zero-order chi connectivity index (χ0) is 9.19. The van der Waals surface area contributed by atoms with Gasteiger partial charge in [0.15, 0.2) is 0 Å². The van der Waals surface area contributed by atoms with Gasteiger partial charge in [-0.05, 0) is 0 Å². The number of nitrogens with two attached hydrogens (primary N) is 1. The summed E-state index contributed by atoms with van der Waals surface area (Å²) >= 11 is 0. The first kappa shape index (κ1) is 9.12. The lowest BCUT2D eigenvalue weighted by molar-refractivity contribution is 0.00322. The molecule has 0 aromatic carbocycles. The highest BCUT2D eigenvalue weighted by molar-refractivity contribution is 4.97. The molecular weight excluding hydrogens is 164 g/mol. The van der Waals surface area contributed by atoms with Gasteiger partial charge in [-0.25, -0.2) is 13.8 Å². The van der Waals surface area contributed by atoms with E-state index in [0.717, 1.165) is 6.92 Å². The maximum Gasteiger partial charge on any atom is 0.262 e. The second-order valence-corrected chi connectivity index (χ2v) is 2.79. The number of imidazole rings is 1. The number of aromatic nitrogens is 2. The van der Waals surface area contributed by atoms with E-state index >= 15 is 0 Å². The summed E-state index contributed by atoms with van der Waals surface area (Å²) in [5, 5.41) is 0. The molecule has 0 radical (unpaired) electrons. The highest BCUT2D eigenvalue weighted by Crippen LogP contribution is 2.15. The van der Waals surface area contributed by atoms with Crippen molar-refractivity contribution in [3.05, 3.63) is 18.2 Å². The van der Waals surface area contributed by atoms with Crippen molar-refractivity contribution in [2.45, 2.75) is 25.9 Å². The normalized spacial score (nSPS) is 12.0. The molecule has 68 valence electrons. The van der Waals surface area contributed by atoms with Gasteiger partial charge in [0.25, 0.3) is 5.92 Å². The Morgan fingerprint density at radius 1 is 1.67 bits per heavy atom. The van der Waals surface area contributed by atoms with E-state index in [1.165, 1.54) is 17.1 Å². The molecule has 2 N–H and O–H groups in total. The Morgan fingerprint density at radius 3 is 2.83 bits per heavy atom. The topological polar surface area (TPSA) is 43.8 Å². The molecule has 12 heavy (non-hydrogen) atoms. The molecule has 0 unspecified atom stereocenters. The lowest BCUT2D eigenvalue weighted by Gasteiger charge is -2.12. The Balaban J connectivity index is 2.75. The van der Waals surface area contributed by atoms with E-state index in [9.17, 15) is 8.78 Å². The fourth-order valence-electron chi connectivity index (χ4n) is 0.960. The van der Waals surface area contributed by atoms with Crippen molar-refractivity contribution in [2.24, 2.45) is 5.73 Å². The molecule has 0 atom stereocenters. The van der Waals surface area contributed by atoms with E-state index in [4.69, 9.17) is 5.73 Å². The summed E-state index contributed by atoms with van der Waals surface area (Å²) < 4.78 is 26.4. The molecule has 0 saturated carbocycles. The van der Waals surface area contributed by atoms with Crippen LogP contribution in [0.2, 0.25) is 0 Å². The second-order valence-electron chi connectivity index (χ2n) is 2.79. The fraction of sp³-hybridized carbons (Fsp3) is 0.571. The maximum atomic E-state index is 12.5.